The summed E-state index contributed by atoms with van der Waals surface area (Å²) in [7, 11) is -4.31. The zero-order valence-electron chi connectivity index (χ0n) is 18.7. The second-order valence-corrected chi connectivity index (χ2v) is 12.1. The number of nitrogens with one attached hydrogen (secondary N) is 1. The Balaban J connectivity index is 1.54. The second-order valence-electron chi connectivity index (χ2n) is 7.61. The first-order valence-corrected chi connectivity index (χ1v) is 13.6. The van der Waals surface area contributed by atoms with Gasteiger partial charge in [0.05, 0.1) is 28.0 Å². The standard InChI is InChI=1S/C21H26ClN3O7S2/c1-24(2)33(27,28)17-5-3-16(4-6-17)14-23-21(26)15-32-20-8-7-18(13-19(20)22)34(29,30)25-9-11-31-12-10-25/h3-8,13H,9-12,14-15H2,1-2H3,(H,23,26). The monoisotopic (exact) mass is 531 g/mol. The molecule has 1 heterocycles. The lowest BCUT2D eigenvalue weighted by Crippen LogP contribution is -2.40. The van der Waals surface area contributed by atoms with Gasteiger partial charge in [-0.25, -0.2) is 21.1 Å². The molecular formula is C21H26ClN3O7S2. The normalized spacial score (nSPS) is 15.3. The third-order valence-corrected chi connectivity index (χ3v) is 9.08. The molecule has 3 rings (SSSR count). The van der Waals surface area contributed by atoms with E-state index in [-0.39, 0.29) is 46.8 Å². The first-order valence-electron chi connectivity index (χ1n) is 10.3. The Labute approximate surface area is 204 Å². The quantitative estimate of drug-likeness (QED) is 0.517. The topological polar surface area (TPSA) is 122 Å². The highest BCUT2D eigenvalue weighted by Gasteiger charge is 2.27. The van der Waals surface area contributed by atoms with Gasteiger partial charge in [0.1, 0.15) is 5.75 Å². The molecule has 1 aliphatic heterocycles. The number of carbonyl (C=O) groups excluding carboxylic acids is 1. The molecule has 10 nitrogen and oxygen atoms in total. The molecule has 0 aliphatic carbocycles. The largest absolute Gasteiger partial charge is 0.482 e. The van der Waals surface area contributed by atoms with Crippen LogP contribution in [-0.2, 0) is 36.1 Å². The van der Waals surface area contributed by atoms with Gasteiger partial charge in [-0.15, -0.1) is 0 Å². The van der Waals surface area contributed by atoms with Gasteiger partial charge in [0.25, 0.3) is 5.91 Å². The fourth-order valence-electron chi connectivity index (χ4n) is 3.08. The van der Waals surface area contributed by atoms with Gasteiger partial charge >= 0.3 is 0 Å². The Morgan fingerprint density at radius 3 is 2.26 bits per heavy atom. The summed E-state index contributed by atoms with van der Waals surface area (Å²) >= 11 is 6.19. The van der Waals surface area contributed by atoms with Crippen LogP contribution in [0.2, 0.25) is 5.02 Å². The van der Waals surface area contributed by atoms with Crippen molar-refractivity contribution >= 4 is 37.6 Å². The molecule has 2 aromatic carbocycles. The Morgan fingerprint density at radius 2 is 1.68 bits per heavy atom. The zero-order chi connectivity index (χ0) is 24.9. The van der Waals surface area contributed by atoms with Gasteiger partial charge in [-0.1, -0.05) is 23.7 Å². The number of hydrogen-bond donors (Lipinski definition) is 1. The molecule has 13 heteroatoms. The van der Waals surface area contributed by atoms with Crippen LogP contribution >= 0.6 is 11.6 Å². The smallest absolute Gasteiger partial charge is 0.258 e. The molecular weight excluding hydrogens is 506 g/mol. The molecule has 0 unspecified atom stereocenters. The minimum Gasteiger partial charge on any atom is -0.482 e. The maximum absolute atomic E-state index is 12.7. The third-order valence-electron chi connectivity index (χ3n) is 5.06. The average molecular weight is 532 g/mol. The molecule has 1 amide bonds. The molecule has 0 spiro atoms. The van der Waals surface area contributed by atoms with Gasteiger partial charge in [-0.3, -0.25) is 4.79 Å². The van der Waals surface area contributed by atoms with E-state index in [1.807, 2.05) is 0 Å². The van der Waals surface area contributed by atoms with Gasteiger partial charge in [0.15, 0.2) is 6.61 Å². The number of carbonyl (C=O) groups is 1. The summed E-state index contributed by atoms with van der Waals surface area (Å²) < 4.78 is 62.7. The molecule has 1 saturated heterocycles. The van der Waals surface area contributed by atoms with Crippen molar-refractivity contribution in [2.75, 3.05) is 47.0 Å². The molecule has 0 saturated carbocycles. The van der Waals surface area contributed by atoms with Gasteiger partial charge in [0.2, 0.25) is 20.0 Å². The molecule has 0 aromatic heterocycles. The van der Waals surface area contributed by atoms with E-state index in [1.165, 1.54) is 48.7 Å². The molecule has 1 fully saturated rings. The van der Waals surface area contributed by atoms with E-state index < -0.39 is 26.0 Å². The van der Waals surface area contributed by atoms with Crippen molar-refractivity contribution in [3.63, 3.8) is 0 Å². The second kappa shape index (κ2) is 11.0. The number of nitrogens with zero attached hydrogens (tertiary/aromatic N) is 2. The summed E-state index contributed by atoms with van der Waals surface area (Å²) in [4.78, 5) is 12.3. The molecule has 1 N–H and O–H groups in total. The van der Waals surface area contributed by atoms with Gasteiger partial charge < -0.3 is 14.8 Å². The maximum atomic E-state index is 12.7. The number of hydrogen-bond acceptors (Lipinski definition) is 7. The molecule has 34 heavy (non-hydrogen) atoms. The van der Waals surface area contributed by atoms with Crippen LogP contribution in [0.1, 0.15) is 5.56 Å². The molecule has 186 valence electrons. The van der Waals surface area contributed by atoms with E-state index in [1.54, 1.807) is 12.1 Å². The van der Waals surface area contributed by atoms with E-state index in [0.717, 1.165) is 4.31 Å². The van der Waals surface area contributed by atoms with Crippen LogP contribution < -0.4 is 10.1 Å². The summed E-state index contributed by atoms with van der Waals surface area (Å²) in [5.74, 6) is -0.248. The highest BCUT2D eigenvalue weighted by Crippen LogP contribution is 2.29. The van der Waals surface area contributed by atoms with E-state index in [9.17, 15) is 21.6 Å². The Kier molecular flexibility index (Phi) is 8.55. The van der Waals surface area contributed by atoms with Crippen molar-refractivity contribution < 1.29 is 31.1 Å². The summed E-state index contributed by atoms with van der Waals surface area (Å²) in [6.07, 6.45) is 0. The SMILES string of the molecule is CN(C)S(=O)(=O)c1ccc(CNC(=O)COc2ccc(S(=O)(=O)N3CCOCC3)cc2Cl)cc1. The third kappa shape index (κ3) is 6.26. The number of sulfonamides is 2. The lowest BCUT2D eigenvalue weighted by Gasteiger charge is -2.26. The Morgan fingerprint density at radius 1 is 1.06 bits per heavy atom. The van der Waals surface area contributed by atoms with E-state index in [2.05, 4.69) is 5.32 Å². The van der Waals surface area contributed by atoms with Crippen LogP contribution in [0.15, 0.2) is 52.3 Å². The van der Waals surface area contributed by atoms with Crippen LogP contribution in [0.4, 0.5) is 0 Å². The van der Waals surface area contributed by atoms with E-state index >= 15 is 0 Å². The molecule has 0 atom stereocenters. The molecule has 2 aromatic rings. The summed E-state index contributed by atoms with van der Waals surface area (Å²) in [6, 6.07) is 10.3. The number of ether oxygens (including phenoxy) is 2. The average Bonchev–Trinajstić information content (AvgIpc) is 2.82. The van der Waals surface area contributed by atoms with Crippen LogP contribution in [0.5, 0.6) is 5.75 Å². The maximum Gasteiger partial charge on any atom is 0.258 e. The van der Waals surface area contributed by atoms with Crippen LogP contribution in [0, 0.1) is 0 Å². The highest BCUT2D eigenvalue weighted by molar-refractivity contribution is 7.89. The Bertz CT molecular complexity index is 1230. The van der Waals surface area contributed by atoms with Gasteiger partial charge in [0, 0.05) is 33.7 Å². The number of benzene rings is 2. The van der Waals surface area contributed by atoms with Gasteiger partial charge in [-0.2, -0.15) is 4.31 Å². The number of amides is 1. The minimum atomic E-state index is -3.70. The van der Waals surface area contributed by atoms with Crippen LogP contribution in [-0.4, -0.2) is 78.4 Å². The fourth-order valence-corrected chi connectivity index (χ4v) is 5.72. The summed E-state index contributed by atoms with van der Waals surface area (Å²) in [5, 5.41) is 2.74. The van der Waals surface area contributed by atoms with Crippen molar-refractivity contribution in [3.8, 4) is 5.75 Å². The Hall–Kier alpha value is -2.22. The van der Waals surface area contributed by atoms with Crippen molar-refractivity contribution in [3.05, 3.63) is 53.1 Å². The lowest BCUT2D eigenvalue weighted by molar-refractivity contribution is -0.123. The number of halogens is 1. The molecule has 0 bridgehead atoms. The van der Waals surface area contributed by atoms with Crippen molar-refractivity contribution in [2.24, 2.45) is 0 Å². The molecule has 1 aliphatic rings. The number of morpholine rings is 1. The van der Waals surface area contributed by atoms with E-state index in [0.29, 0.717) is 18.8 Å². The van der Waals surface area contributed by atoms with Crippen molar-refractivity contribution in [1.29, 1.82) is 0 Å². The minimum absolute atomic E-state index is 0.0379. The summed E-state index contributed by atoms with van der Waals surface area (Å²) in [5.41, 5.74) is 0.710. The highest BCUT2D eigenvalue weighted by atomic mass is 35.5. The summed E-state index contributed by atoms with van der Waals surface area (Å²) in [6.45, 7) is 1.06. The molecule has 0 radical (unpaired) electrons. The van der Waals surface area contributed by atoms with Crippen LogP contribution in [0.3, 0.4) is 0 Å². The lowest BCUT2D eigenvalue weighted by atomic mass is 10.2. The predicted octanol–water partition coefficient (Wildman–Crippen LogP) is 1.31. The van der Waals surface area contributed by atoms with Gasteiger partial charge in [-0.05, 0) is 35.9 Å². The van der Waals surface area contributed by atoms with Crippen molar-refractivity contribution in [1.82, 2.24) is 13.9 Å². The fraction of sp³-hybridized carbons (Fsp3) is 0.381. The van der Waals surface area contributed by atoms with Crippen LogP contribution in [0.25, 0.3) is 0 Å². The van der Waals surface area contributed by atoms with Crippen molar-refractivity contribution in [2.45, 2.75) is 16.3 Å². The first-order chi connectivity index (χ1) is 16.0. The zero-order valence-corrected chi connectivity index (χ0v) is 21.1. The predicted molar refractivity (Wildman–Crippen MR) is 126 cm³/mol. The van der Waals surface area contributed by atoms with E-state index in [4.69, 9.17) is 21.1 Å². The first kappa shape index (κ1) is 26.4. The number of rotatable bonds is 9.